The van der Waals surface area contributed by atoms with Crippen molar-refractivity contribution >= 4 is 17.6 Å². The third-order valence-corrected chi connectivity index (χ3v) is 2.58. The molecule has 2 rings (SSSR count). The van der Waals surface area contributed by atoms with E-state index in [1.54, 1.807) is 12.1 Å². The van der Waals surface area contributed by atoms with Crippen LogP contribution in [0.1, 0.15) is 11.3 Å². The molecular formula is C12H10F3N3O2. The van der Waals surface area contributed by atoms with Crippen molar-refractivity contribution in [2.24, 2.45) is 0 Å². The Kier molecular flexibility index (Phi) is 3.39. The van der Waals surface area contributed by atoms with Crippen molar-refractivity contribution in [2.75, 3.05) is 4.90 Å². The Morgan fingerprint density at radius 1 is 1.30 bits per heavy atom. The first-order valence-electron chi connectivity index (χ1n) is 5.51. The number of anilines is 2. The Morgan fingerprint density at radius 2 is 1.90 bits per heavy atom. The first kappa shape index (κ1) is 13.9. The average molecular weight is 285 g/mol. The molecule has 0 fully saturated rings. The molecule has 0 atom stereocenters. The van der Waals surface area contributed by atoms with Crippen LogP contribution in [0, 0.1) is 6.92 Å². The van der Waals surface area contributed by atoms with Crippen LogP contribution in [0.15, 0.2) is 30.3 Å². The largest absolute Gasteiger partial charge is 0.464 e. The highest BCUT2D eigenvalue weighted by atomic mass is 19.4. The lowest BCUT2D eigenvalue weighted by Crippen LogP contribution is -2.24. The van der Waals surface area contributed by atoms with E-state index in [-0.39, 0.29) is 11.5 Å². The molecule has 2 aromatic rings. The van der Waals surface area contributed by atoms with Gasteiger partial charge in [0, 0.05) is 6.07 Å². The SMILES string of the molecule is Cc1ccc(N(C(=O)O)c2cc(C(F)(F)F)n[nH]2)cc1. The Bertz CT molecular complexity index is 620. The number of H-pyrrole nitrogens is 1. The molecule has 0 saturated heterocycles. The predicted octanol–water partition coefficient (Wildman–Crippen LogP) is 3.55. The van der Waals surface area contributed by atoms with Crippen molar-refractivity contribution < 1.29 is 23.1 Å². The Morgan fingerprint density at radius 3 is 2.35 bits per heavy atom. The number of hydrogen-bond donors (Lipinski definition) is 2. The quantitative estimate of drug-likeness (QED) is 0.886. The van der Waals surface area contributed by atoms with Crippen molar-refractivity contribution in [3.63, 3.8) is 0 Å². The van der Waals surface area contributed by atoms with Crippen LogP contribution in [0.2, 0.25) is 0 Å². The second-order valence-corrected chi connectivity index (χ2v) is 4.09. The first-order chi connectivity index (χ1) is 9.29. The zero-order valence-electron chi connectivity index (χ0n) is 10.3. The summed E-state index contributed by atoms with van der Waals surface area (Å²) in [6, 6.07) is 6.96. The van der Waals surface area contributed by atoms with E-state index < -0.39 is 18.0 Å². The molecule has 1 heterocycles. The minimum Gasteiger partial charge on any atom is -0.464 e. The highest BCUT2D eigenvalue weighted by Crippen LogP contribution is 2.32. The van der Waals surface area contributed by atoms with Crippen LogP contribution in [0.4, 0.5) is 29.5 Å². The zero-order valence-corrected chi connectivity index (χ0v) is 10.3. The van der Waals surface area contributed by atoms with Gasteiger partial charge in [-0.3, -0.25) is 5.10 Å². The molecule has 8 heteroatoms. The van der Waals surface area contributed by atoms with Gasteiger partial charge in [-0.2, -0.15) is 18.3 Å². The van der Waals surface area contributed by atoms with Gasteiger partial charge in [0.2, 0.25) is 0 Å². The lowest BCUT2D eigenvalue weighted by atomic mass is 10.2. The fourth-order valence-electron chi connectivity index (χ4n) is 1.62. The molecule has 1 amide bonds. The molecule has 2 N–H and O–H groups in total. The van der Waals surface area contributed by atoms with E-state index in [2.05, 4.69) is 10.2 Å². The van der Waals surface area contributed by atoms with E-state index in [1.165, 1.54) is 12.1 Å². The molecule has 0 aliphatic carbocycles. The number of nitrogens with zero attached hydrogens (tertiary/aromatic N) is 2. The minimum atomic E-state index is -4.63. The number of hydrogen-bond acceptors (Lipinski definition) is 2. The number of benzene rings is 1. The summed E-state index contributed by atoms with van der Waals surface area (Å²) in [5.41, 5.74) is -0.0500. The lowest BCUT2D eigenvalue weighted by Gasteiger charge is -2.17. The summed E-state index contributed by atoms with van der Waals surface area (Å²) in [7, 11) is 0. The molecule has 0 saturated carbocycles. The summed E-state index contributed by atoms with van der Waals surface area (Å²) in [6.45, 7) is 1.81. The van der Waals surface area contributed by atoms with Gasteiger partial charge in [0.15, 0.2) is 5.69 Å². The molecule has 0 radical (unpaired) electrons. The molecule has 5 nitrogen and oxygen atoms in total. The van der Waals surface area contributed by atoms with Crippen molar-refractivity contribution in [1.29, 1.82) is 0 Å². The molecule has 0 aliphatic rings. The van der Waals surface area contributed by atoms with Gasteiger partial charge in [0.25, 0.3) is 0 Å². The fraction of sp³-hybridized carbons (Fsp3) is 0.167. The number of halogens is 3. The normalized spacial score (nSPS) is 11.4. The lowest BCUT2D eigenvalue weighted by molar-refractivity contribution is -0.141. The number of aromatic nitrogens is 2. The minimum absolute atomic E-state index is 0.223. The van der Waals surface area contributed by atoms with Gasteiger partial charge in [0.05, 0.1) is 5.69 Å². The van der Waals surface area contributed by atoms with E-state index in [0.717, 1.165) is 5.56 Å². The molecular weight excluding hydrogens is 275 g/mol. The van der Waals surface area contributed by atoms with Gasteiger partial charge in [-0.25, -0.2) is 9.69 Å². The third kappa shape index (κ3) is 2.73. The molecule has 20 heavy (non-hydrogen) atoms. The van der Waals surface area contributed by atoms with Gasteiger partial charge in [-0.05, 0) is 19.1 Å². The van der Waals surface area contributed by atoms with E-state index in [9.17, 15) is 18.0 Å². The van der Waals surface area contributed by atoms with Gasteiger partial charge in [-0.1, -0.05) is 17.7 Å². The second-order valence-electron chi connectivity index (χ2n) is 4.09. The van der Waals surface area contributed by atoms with Crippen LogP contribution in [0.5, 0.6) is 0 Å². The molecule has 0 unspecified atom stereocenters. The van der Waals surface area contributed by atoms with Crippen molar-refractivity contribution in [2.45, 2.75) is 13.1 Å². The number of aromatic amines is 1. The first-order valence-corrected chi connectivity index (χ1v) is 5.51. The number of nitrogens with one attached hydrogen (secondary N) is 1. The number of carbonyl (C=O) groups is 1. The summed E-state index contributed by atoms with van der Waals surface area (Å²) in [6.07, 6.45) is -6.04. The summed E-state index contributed by atoms with van der Waals surface area (Å²) < 4.78 is 37.4. The molecule has 0 aliphatic heterocycles. The van der Waals surface area contributed by atoms with E-state index in [1.807, 2.05) is 6.92 Å². The molecule has 1 aromatic heterocycles. The average Bonchev–Trinajstić information content (AvgIpc) is 2.80. The fourth-order valence-corrected chi connectivity index (χ4v) is 1.62. The predicted molar refractivity (Wildman–Crippen MR) is 64.9 cm³/mol. The molecule has 0 spiro atoms. The maximum Gasteiger partial charge on any atom is 0.435 e. The van der Waals surface area contributed by atoms with Gasteiger partial charge in [0.1, 0.15) is 5.82 Å². The molecule has 1 aromatic carbocycles. The maximum absolute atomic E-state index is 12.5. The second kappa shape index (κ2) is 4.87. The van der Waals surface area contributed by atoms with Crippen LogP contribution < -0.4 is 4.90 Å². The Labute approximate surface area is 111 Å². The van der Waals surface area contributed by atoms with Crippen molar-refractivity contribution in [3.8, 4) is 0 Å². The maximum atomic E-state index is 12.5. The summed E-state index contributed by atoms with van der Waals surface area (Å²) in [5, 5.41) is 14.3. The number of rotatable bonds is 2. The molecule has 106 valence electrons. The van der Waals surface area contributed by atoms with E-state index in [0.29, 0.717) is 11.0 Å². The summed E-state index contributed by atoms with van der Waals surface area (Å²) in [5.74, 6) is -0.270. The number of alkyl halides is 3. The van der Waals surface area contributed by atoms with E-state index in [4.69, 9.17) is 5.11 Å². The van der Waals surface area contributed by atoms with Gasteiger partial charge >= 0.3 is 12.3 Å². The topological polar surface area (TPSA) is 69.2 Å². The zero-order chi connectivity index (χ0) is 14.9. The monoisotopic (exact) mass is 285 g/mol. The highest BCUT2D eigenvalue weighted by Gasteiger charge is 2.35. The van der Waals surface area contributed by atoms with Crippen molar-refractivity contribution in [3.05, 3.63) is 41.6 Å². The van der Waals surface area contributed by atoms with Gasteiger partial charge < -0.3 is 5.11 Å². The van der Waals surface area contributed by atoms with Crippen LogP contribution in [-0.2, 0) is 6.18 Å². The van der Waals surface area contributed by atoms with E-state index >= 15 is 0 Å². The highest BCUT2D eigenvalue weighted by molar-refractivity contribution is 5.93. The van der Waals surface area contributed by atoms with Crippen LogP contribution >= 0.6 is 0 Å². The van der Waals surface area contributed by atoms with Crippen LogP contribution in [0.3, 0.4) is 0 Å². The third-order valence-electron chi connectivity index (χ3n) is 2.58. The number of aryl methyl sites for hydroxylation is 1. The summed E-state index contributed by atoms with van der Waals surface area (Å²) >= 11 is 0. The van der Waals surface area contributed by atoms with Crippen LogP contribution in [-0.4, -0.2) is 21.4 Å². The Balaban J connectivity index is 2.41. The smallest absolute Gasteiger partial charge is 0.435 e. The summed E-state index contributed by atoms with van der Waals surface area (Å²) in [4.78, 5) is 11.9. The molecule has 0 bridgehead atoms. The number of amides is 1. The standard InChI is InChI=1S/C12H10F3N3O2/c1-7-2-4-8(5-3-7)18(11(19)20)10-6-9(16-17-10)12(13,14)15/h2-6H,1H3,(H,16,17)(H,19,20). The van der Waals surface area contributed by atoms with Crippen molar-refractivity contribution in [1.82, 2.24) is 10.2 Å². The van der Waals surface area contributed by atoms with Gasteiger partial charge in [-0.15, -0.1) is 0 Å². The Hall–Kier alpha value is -2.51. The number of carboxylic acid groups (broad SMARTS) is 1. The van der Waals surface area contributed by atoms with Crippen LogP contribution in [0.25, 0.3) is 0 Å².